The molecule has 0 radical (unpaired) electrons. The van der Waals surface area contributed by atoms with Crippen LogP contribution in [0, 0.1) is 0 Å². The summed E-state index contributed by atoms with van der Waals surface area (Å²) in [6.45, 7) is 9.23. The van der Waals surface area contributed by atoms with E-state index in [4.69, 9.17) is 17.3 Å². The third kappa shape index (κ3) is 2.94. The number of hydrogen-bond donors (Lipinski definition) is 1. The summed E-state index contributed by atoms with van der Waals surface area (Å²) in [6.07, 6.45) is 0. The van der Waals surface area contributed by atoms with Gasteiger partial charge in [0.25, 0.3) is 0 Å². The molecular formula is C11H19ClN2S. The second kappa shape index (κ2) is 5.85. The summed E-state index contributed by atoms with van der Waals surface area (Å²) in [6, 6.07) is 2.49. The molecule has 2 nitrogen and oxygen atoms in total. The van der Waals surface area contributed by atoms with Gasteiger partial charge in [-0.2, -0.15) is 0 Å². The molecule has 0 bridgehead atoms. The maximum atomic E-state index is 6.09. The summed E-state index contributed by atoms with van der Waals surface area (Å²) >= 11 is 7.82. The average Bonchev–Trinajstić information content (AvgIpc) is 2.61. The van der Waals surface area contributed by atoms with Gasteiger partial charge in [-0.1, -0.05) is 25.4 Å². The maximum Gasteiger partial charge on any atom is 0.0561 e. The molecule has 0 aliphatic rings. The highest BCUT2D eigenvalue weighted by Crippen LogP contribution is 2.33. The van der Waals surface area contributed by atoms with Crippen molar-refractivity contribution in [1.29, 1.82) is 0 Å². The Hall–Kier alpha value is -0.0900. The Bertz CT molecular complexity index is 308. The van der Waals surface area contributed by atoms with Crippen LogP contribution in [0.3, 0.4) is 0 Å². The van der Waals surface area contributed by atoms with E-state index in [0.29, 0.717) is 12.6 Å². The van der Waals surface area contributed by atoms with Gasteiger partial charge in [-0.25, -0.2) is 0 Å². The van der Waals surface area contributed by atoms with Gasteiger partial charge in [0, 0.05) is 22.3 Å². The Morgan fingerprint density at radius 1 is 1.47 bits per heavy atom. The lowest BCUT2D eigenvalue weighted by atomic mass is 10.2. The quantitative estimate of drug-likeness (QED) is 0.864. The molecule has 0 saturated carbocycles. The second-order valence-corrected chi connectivity index (χ2v) is 5.10. The summed E-state index contributed by atoms with van der Waals surface area (Å²) in [4.78, 5) is 4.80. The fraction of sp³-hybridized carbons (Fsp3) is 0.636. The van der Waals surface area contributed by atoms with E-state index in [0.717, 1.165) is 23.0 Å². The lowest BCUT2D eigenvalue weighted by Crippen LogP contribution is -2.25. The first-order chi connectivity index (χ1) is 7.13. The first kappa shape index (κ1) is 13.0. The lowest BCUT2D eigenvalue weighted by Gasteiger charge is -2.25. The SMILES string of the molecule is CCN(CC)C(C)c1cc(Cl)c(CN)s1. The molecule has 0 aliphatic carbocycles. The van der Waals surface area contributed by atoms with Gasteiger partial charge in [-0.3, -0.25) is 4.90 Å². The van der Waals surface area contributed by atoms with Gasteiger partial charge >= 0.3 is 0 Å². The molecule has 86 valence electrons. The van der Waals surface area contributed by atoms with Crippen molar-refractivity contribution in [1.82, 2.24) is 4.90 Å². The second-order valence-electron chi connectivity index (χ2n) is 3.52. The van der Waals surface area contributed by atoms with Gasteiger partial charge in [0.2, 0.25) is 0 Å². The largest absolute Gasteiger partial charge is 0.326 e. The Labute approximate surface area is 101 Å². The number of nitrogens with zero attached hydrogens (tertiary/aromatic N) is 1. The zero-order valence-electron chi connectivity index (χ0n) is 9.59. The molecular weight excluding hydrogens is 228 g/mol. The highest BCUT2D eigenvalue weighted by Gasteiger charge is 2.16. The van der Waals surface area contributed by atoms with Crippen molar-refractivity contribution < 1.29 is 0 Å². The van der Waals surface area contributed by atoms with E-state index >= 15 is 0 Å². The van der Waals surface area contributed by atoms with Crippen LogP contribution in [-0.4, -0.2) is 18.0 Å². The molecule has 1 aromatic rings. The predicted molar refractivity (Wildman–Crippen MR) is 68.6 cm³/mol. The molecule has 0 aliphatic heterocycles. The number of hydrogen-bond acceptors (Lipinski definition) is 3. The predicted octanol–water partition coefficient (Wildman–Crippen LogP) is 3.26. The van der Waals surface area contributed by atoms with Gasteiger partial charge in [0.05, 0.1) is 5.02 Å². The molecule has 1 heterocycles. The molecule has 0 saturated heterocycles. The Balaban J connectivity index is 2.85. The Morgan fingerprint density at radius 3 is 2.47 bits per heavy atom. The summed E-state index contributed by atoms with van der Waals surface area (Å²) < 4.78 is 0. The molecule has 0 amide bonds. The molecule has 1 aromatic heterocycles. The standard InChI is InChI=1S/C11H19ClN2S/c1-4-14(5-2)8(3)10-6-9(12)11(7-13)15-10/h6,8H,4-5,7,13H2,1-3H3. The van der Waals surface area contributed by atoms with Crippen LogP contribution in [0.4, 0.5) is 0 Å². The van der Waals surface area contributed by atoms with Crippen LogP contribution in [0.1, 0.15) is 36.6 Å². The maximum absolute atomic E-state index is 6.09. The first-order valence-electron chi connectivity index (χ1n) is 5.36. The molecule has 0 aromatic carbocycles. The summed E-state index contributed by atoms with van der Waals surface area (Å²) in [5.41, 5.74) is 5.62. The molecule has 1 rings (SSSR count). The van der Waals surface area contributed by atoms with Crippen LogP contribution in [0.5, 0.6) is 0 Å². The fourth-order valence-corrected chi connectivity index (χ4v) is 3.12. The molecule has 1 unspecified atom stereocenters. The fourth-order valence-electron chi connectivity index (χ4n) is 1.72. The summed E-state index contributed by atoms with van der Waals surface area (Å²) in [5, 5.41) is 0.816. The van der Waals surface area contributed by atoms with Crippen LogP contribution >= 0.6 is 22.9 Å². The molecule has 4 heteroatoms. The molecule has 0 spiro atoms. The average molecular weight is 247 g/mol. The molecule has 0 fully saturated rings. The van der Waals surface area contributed by atoms with Gasteiger partial charge in [-0.05, 0) is 26.1 Å². The van der Waals surface area contributed by atoms with Crippen molar-refractivity contribution in [3.05, 3.63) is 20.8 Å². The van der Waals surface area contributed by atoms with Crippen molar-refractivity contribution in [3.63, 3.8) is 0 Å². The minimum Gasteiger partial charge on any atom is -0.326 e. The molecule has 2 N–H and O–H groups in total. The Kier molecular flexibility index (Phi) is 5.06. The van der Waals surface area contributed by atoms with Crippen molar-refractivity contribution in [2.75, 3.05) is 13.1 Å². The van der Waals surface area contributed by atoms with Gasteiger partial charge < -0.3 is 5.73 Å². The van der Waals surface area contributed by atoms with E-state index in [9.17, 15) is 0 Å². The number of halogens is 1. The minimum atomic E-state index is 0.433. The first-order valence-corrected chi connectivity index (χ1v) is 6.55. The van der Waals surface area contributed by atoms with E-state index in [2.05, 4.69) is 31.7 Å². The summed E-state index contributed by atoms with van der Waals surface area (Å²) in [5.74, 6) is 0. The number of nitrogens with two attached hydrogens (primary N) is 1. The third-order valence-corrected chi connectivity index (χ3v) is 4.51. The van der Waals surface area contributed by atoms with Gasteiger partial charge in [0.1, 0.15) is 0 Å². The van der Waals surface area contributed by atoms with Crippen molar-refractivity contribution in [2.45, 2.75) is 33.4 Å². The van der Waals surface area contributed by atoms with E-state index in [-0.39, 0.29) is 0 Å². The summed E-state index contributed by atoms with van der Waals surface area (Å²) in [7, 11) is 0. The number of rotatable bonds is 5. The highest BCUT2D eigenvalue weighted by molar-refractivity contribution is 7.12. The van der Waals surface area contributed by atoms with E-state index in [1.54, 1.807) is 11.3 Å². The van der Waals surface area contributed by atoms with Crippen molar-refractivity contribution in [2.24, 2.45) is 5.73 Å². The minimum absolute atomic E-state index is 0.433. The van der Waals surface area contributed by atoms with Crippen molar-refractivity contribution in [3.8, 4) is 0 Å². The zero-order chi connectivity index (χ0) is 11.4. The van der Waals surface area contributed by atoms with E-state index in [1.165, 1.54) is 4.88 Å². The van der Waals surface area contributed by atoms with Gasteiger partial charge in [0.15, 0.2) is 0 Å². The molecule has 15 heavy (non-hydrogen) atoms. The Morgan fingerprint density at radius 2 is 2.07 bits per heavy atom. The smallest absolute Gasteiger partial charge is 0.0561 e. The van der Waals surface area contributed by atoms with Crippen LogP contribution in [-0.2, 0) is 6.54 Å². The lowest BCUT2D eigenvalue weighted by molar-refractivity contribution is 0.237. The van der Waals surface area contributed by atoms with Crippen molar-refractivity contribution >= 4 is 22.9 Å². The van der Waals surface area contributed by atoms with Crippen LogP contribution in [0.2, 0.25) is 5.02 Å². The third-order valence-electron chi connectivity index (χ3n) is 2.73. The number of thiophene rings is 1. The zero-order valence-corrected chi connectivity index (χ0v) is 11.2. The topological polar surface area (TPSA) is 29.3 Å². The van der Waals surface area contributed by atoms with E-state index < -0.39 is 0 Å². The van der Waals surface area contributed by atoms with Crippen LogP contribution in [0.15, 0.2) is 6.07 Å². The van der Waals surface area contributed by atoms with Gasteiger partial charge in [-0.15, -0.1) is 11.3 Å². The monoisotopic (exact) mass is 246 g/mol. The van der Waals surface area contributed by atoms with E-state index in [1.807, 2.05) is 0 Å². The van der Waals surface area contributed by atoms with Crippen LogP contribution in [0.25, 0.3) is 0 Å². The molecule has 1 atom stereocenters. The normalized spacial score (nSPS) is 13.5. The van der Waals surface area contributed by atoms with Crippen LogP contribution < -0.4 is 5.73 Å². The highest BCUT2D eigenvalue weighted by atomic mass is 35.5.